The molecule has 0 N–H and O–H groups in total. The molecule has 206 valence electrons. The van der Waals surface area contributed by atoms with Crippen LogP contribution >= 0.6 is 0 Å². The van der Waals surface area contributed by atoms with E-state index >= 15 is 0 Å². The lowest BCUT2D eigenvalue weighted by Crippen LogP contribution is -2.57. The fourth-order valence-electron chi connectivity index (χ4n) is 4.21. The molecule has 0 radical (unpaired) electrons. The largest absolute Gasteiger partial charge is 0.487 e. The lowest BCUT2D eigenvalue weighted by Gasteiger charge is -2.39. The number of likely N-dealkylation sites (tertiary alicyclic amines) is 1. The van der Waals surface area contributed by atoms with Crippen LogP contribution in [0.25, 0.3) is 11.1 Å². The molecule has 1 amide bonds. The van der Waals surface area contributed by atoms with E-state index in [2.05, 4.69) is 0 Å². The van der Waals surface area contributed by atoms with Crippen LogP contribution in [-0.2, 0) is 18.0 Å². The molecule has 1 aliphatic rings. The highest BCUT2D eigenvalue weighted by molar-refractivity contribution is 5.71. The van der Waals surface area contributed by atoms with Gasteiger partial charge in [-0.15, -0.1) is 0 Å². The smallest absolute Gasteiger partial charge is 0.410 e. The summed E-state index contributed by atoms with van der Waals surface area (Å²) in [6.45, 7) is 7.34. The van der Waals surface area contributed by atoms with Gasteiger partial charge in [-0.2, -0.15) is 4.98 Å². The van der Waals surface area contributed by atoms with E-state index in [1.807, 2.05) is 118 Å². The Bertz CT molecular complexity index is 1410. The SMILES string of the molecule is CC(C)(C)OC(=O)N1CC(Oc2cccc(-c3ccc(OCc4ccccc4)nc3OCc3ccccc3)c2)C1. The van der Waals surface area contributed by atoms with E-state index in [1.54, 1.807) is 4.90 Å². The van der Waals surface area contributed by atoms with Crippen molar-refractivity contribution in [2.24, 2.45) is 0 Å². The predicted octanol–water partition coefficient (Wildman–Crippen LogP) is 6.90. The van der Waals surface area contributed by atoms with Crippen LogP contribution in [0.4, 0.5) is 4.79 Å². The third-order valence-electron chi connectivity index (χ3n) is 6.23. The number of carbonyl (C=O) groups is 1. The summed E-state index contributed by atoms with van der Waals surface area (Å²) < 4.78 is 23.8. The Labute approximate surface area is 235 Å². The van der Waals surface area contributed by atoms with Crippen molar-refractivity contribution in [2.75, 3.05) is 13.1 Å². The van der Waals surface area contributed by atoms with Gasteiger partial charge in [-0.1, -0.05) is 72.8 Å². The fraction of sp³-hybridized carbons (Fsp3) is 0.273. The molecule has 40 heavy (non-hydrogen) atoms. The molecule has 1 fully saturated rings. The number of ether oxygens (including phenoxy) is 4. The maximum atomic E-state index is 12.3. The second kappa shape index (κ2) is 12.1. The van der Waals surface area contributed by atoms with Crippen LogP contribution < -0.4 is 14.2 Å². The van der Waals surface area contributed by atoms with Crippen LogP contribution in [0.2, 0.25) is 0 Å². The second-order valence-electron chi connectivity index (χ2n) is 10.7. The number of rotatable bonds is 9. The standard InChI is InChI=1S/C33H34N2O5/c1-33(2,3)40-32(36)35-20-28(21-35)39-27-16-10-15-26(19-27)29-17-18-30(37-22-24-11-6-4-7-12-24)34-31(29)38-23-25-13-8-5-9-14-25/h4-19,28H,20-23H2,1-3H3. The minimum atomic E-state index is -0.520. The highest BCUT2D eigenvalue weighted by Crippen LogP contribution is 2.34. The average molecular weight is 539 g/mol. The van der Waals surface area contributed by atoms with Crippen molar-refractivity contribution >= 4 is 6.09 Å². The Hall–Kier alpha value is -4.52. The first-order chi connectivity index (χ1) is 19.3. The zero-order chi connectivity index (χ0) is 28.0. The van der Waals surface area contributed by atoms with E-state index in [0.29, 0.717) is 43.8 Å². The number of amides is 1. The normalized spacial score (nSPS) is 13.3. The Balaban J connectivity index is 1.30. The molecule has 1 aliphatic heterocycles. The van der Waals surface area contributed by atoms with Crippen LogP contribution in [0.3, 0.4) is 0 Å². The number of pyridine rings is 1. The van der Waals surface area contributed by atoms with Gasteiger partial charge in [-0.25, -0.2) is 4.79 Å². The van der Waals surface area contributed by atoms with Crippen LogP contribution in [0, 0.1) is 0 Å². The Morgan fingerprint density at radius 3 is 2.12 bits per heavy atom. The molecule has 7 heteroatoms. The minimum absolute atomic E-state index is 0.0940. The molecule has 0 saturated carbocycles. The first-order valence-corrected chi connectivity index (χ1v) is 13.4. The number of benzene rings is 3. The summed E-state index contributed by atoms with van der Waals surface area (Å²) in [6.07, 6.45) is -0.412. The third kappa shape index (κ3) is 7.32. The van der Waals surface area contributed by atoms with E-state index < -0.39 is 5.60 Å². The molecule has 7 nitrogen and oxygen atoms in total. The fourth-order valence-corrected chi connectivity index (χ4v) is 4.21. The quantitative estimate of drug-likeness (QED) is 0.231. The summed E-state index contributed by atoms with van der Waals surface area (Å²) >= 11 is 0. The molecule has 0 bridgehead atoms. The van der Waals surface area contributed by atoms with Crippen LogP contribution in [-0.4, -0.2) is 40.8 Å². The number of hydrogen-bond donors (Lipinski definition) is 0. The topological polar surface area (TPSA) is 70.1 Å². The summed E-state index contributed by atoms with van der Waals surface area (Å²) in [5.74, 6) is 1.68. The number of hydrogen-bond acceptors (Lipinski definition) is 6. The van der Waals surface area contributed by atoms with Crippen molar-refractivity contribution < 1.29 is 23.7 Å². The zero-order valence-corrected chi connectivity index (χ0v) is 23.1. The molecule has 0 unspecified atom stereocenters. The molecule has 1 aromatic heterocycles. The van der Waals surface area contributed by atoms with Gasteiger partial charge < -0.3 is 23.8 Å². The molecular weight excluding hydrogens is 504 g/mol. The lowest BCUT2D eigenvalue weighted by atomic mass is 10.1. The molecule has 2 heterocycles. The molecule has 4 aromatic rings. The molecular formula is C33H34N2O5. The van der Waals surface area contributed by atoms with Crippen molar-refractivity contribution in [3.8, 4) is 28.6 Å². The number of aromatic nitrogens is 1. The first kappa shape index (κ1) is 27.1. The maximum absolute atomic E-state index is 12.3. The summed E-state index contributed by atoms with van der Waals surface area (Å²) in [6, 6.07) is 31.6. The summed E-state index contributed by atoms with van der Waals surface area (Å²) in [4.78, 5) is 18.6. The van der Waals surface area contributed by atoms with Crippen molar-refractivity contribution in [3.05, 3.63) is 108 Å². The number of nitrogens with zero attached hydrogens (tertiary/aromatic N) is 2. The van der Waals surface area contributed by atoms with Gasteiger partial charge >= 0.3 is 6.09 Å². The van der Waals surface area contributed by atoms with Gasteiger partial charge in [0.1, 0.15) is 30.7 Å². The van der Waals surface area contributed by atoms with Gasteiger partial charge in [0.05, 0.1) is 13.1 Å². The van der Waals surface area contributed by atoms with Gasteiger partial charge in [0.2, 0.25) is 11.8 Å². The van der Waals surface area contributed by atoms with Crippen molar-refractivity contribution in [1.82, 2.24) is 9.88 Å². The molecule has 0 atom stereocenters. The summed E-state index contributed by atoms with van der Waals surface area (Å²) in [7, 11) is 0. The van der Waals surface area contributed by atoms with Gasteiger partial charge in [0, 0.05) is 11.6 Å². The Morgan fingerprint density at radius 1 is 0.825 bits per heavy atom. The van der Waals surface area contributed by atoms with E-state index in [0.717, 1.165) is 22.3 Å². The van der Waals surface area contributed by atoms with Crippen LogP contribution in [0.5, 0.6) is 17.5 Å². The first-order valence-electron chi connectivity index (χ1n) is 13.4. The zero-order valence-electron chi connectivity index (χ0n) is 23.1. The molecule has 0 spiro atoms. The van der Waals surface area contributed by atoms with Gasteiger partial charge in [-0.05, 0) is 55.7 Å². The third-order valence-corrected chi connectivity index (χ3v) is 6.23. The monoisotopic (exact) mass is 538 g/mol. The number of carbonyl (C=O) groups excluding carboxylic acids is 1. The van der Waals surface area contributed by atoms with Crippen molar-refractivity contribution in [1.29, 1.82) is 0 Å². The van der Waals surface area contributed by atoms with E-state index in [9.17, 15) is 4.79 Å². The lowest BCUT2D eigenvalue weighted by molar-refractivity contribution is -0.0221. The minimum Gasteiger partial charge on any atom is -0.487 e. The molecule has 3 aromatic carbocycles. The van der Waals surface area contributed by atoms with E-state index in [4.69, 9.17) is 23.9 Å². The Kier molecular flexibility index (Phi) is 8.20. The highest BCUT2D eigenvalue weighted by atomic mass is 16.6. The van der Waals surface area contributed by atoms with E-state index in [-0.39, 0.29) is 12.2 Å². The molecule has 5 rings (SSSR count). The maximum Gasteiger partial charge on any atom is 0.410 e. The van der Waals surface area contributed by atoms with E-state index in [1.165, 1.54) is 0 Å². The summed E-state index contributed by atoms with van der Waals surface area (Å²) in [5.41, 5.74) is 3.32. The van der Waals surface area contributed by atoms with Gasteiger partial charge in [0.25, 0.3) is 0 Å². The molecule has 1 saturated heterocycles. The summed E-state index contributed by atoms with van der Waals surface area (Å²) in [5, 5.41) is 0. The van der Waals surface area contributed by atoms with Crippen molar-refractivity contribution in [3.63, 3.8) is 0 Å². The molecule has 0 aliphatic carbocycles. The van der Waals surface area contributed by atoms with Crippen LogP contribution in [0.1, 0.15) is 31.9 Å². The highest BCUT2D eigenvalue weighted by Gasteiger charge is 2.35. The predicted molar refractivity (Wildman–Crippen MR) is 153 cm³/mol. The van der Waals surface area contributed by atoms with Gasteiger partial charge in [-0.3, -0.25) is 0 Å². The van der Waals surface area contributed by atoms with Crippen LogP contribution in [0.15, 0.2) is 97.1 Å². The van der Waals surface area contributed by atoms with Gasteiger partial charge in [0.15, 0.2) is 0 Å². The Morgan fingerprint density at radius 2 is 1.48 bits per heavy atom. The second-order valence-corrected chi connectivity index (χ2v) is 10.7. The van der Waals surface area contributed by atoms with Crippen molar-refractivity contribution in [2.45, 2.75) is 45.7 Å². The average Bonchev–Trinajstić information content (AvgIpc) is 2.93.